The van der Waals surface area contributed by atoms with Gasteiger partial charge >= 0.3 is 6.18 Å². The number of alkyl halides is 3. The maximum atomic E-state index is 13.1. The van der Waals surface area contributed by atoms with Gasteiger partial charge in [-0.3, -0.25) is 4.90 Å². The van der Waals surface area contributed by atoms with Crippen molar-refractivity contribution in [3.05, 3.63) is 38.0 Å². The third-order valence-electron chi connectivity index (χ3n) is 3.95. The molecule has 3 heterocycles. The molecule has 1 atom stereocenters. The number of nitrogens with zero attached hydrogens (tertiary/aromatic N) is 2. The predicted molar refractivity (Wildman–Crippen MR) is 83.1 cm³/mol. The summed E-state index contributed by atoms with van der Waals surface area (Å²) in [6.07, 6.45) is -4.38. The van der Waals surface area contributed by atoms with Crippen LogP contribution in [0, 0.1) is 12.3 Å². The minimum absolute atomic E-state index is 0.0863. The topological polar surface area (TPSA) is 16.1 Å². The van der Waals surface area contributed by atoms with Gasteiger partial charge in [-0.1, -0.05) is 19.9 Å². The van der Waals surface area contributed by atoms with Crippen molar-refractivity contribution in [1.29, 1.82) is 0 Å². The van der Waals surface area contributed by atoms with Crippen LogP contribution in [0.3, 0.4) is 0 Å². The number of aryl methyl sites for hydroxylation is 1. The Balaban J connectivity index is 1.85. The molecule has 120 valence electrons. The minimum Gasteiger partial charge on any atom is -0.289 e. The fourth-order valence-corrected chi connectivity index (χ4v) is 5.27. The lowest BCUT2D eigenvalue weighted by Gasteiger charge is -2.54. The van der Waals surface area contributed by atoms with Crippen molar-refractivity contribution < 1.29 is 13.2 Å². The molecule has 0 radical (unpaired) electrons. The van der Waals surface area contributed by atoms with Crippen LogP contribution in [-0.2, 0) is 12.7 Å². The Morgan fingerprint density at radius 2 is 2.14 bits per heavy atom. The van der Waals surface area contributed by atoms with Crippen LogP contribution < -0.4 is 0 Å². The molecule has 0 spiro atoms. The van der Waals surface area contributed by atoms with Gasteiger partial charge in [-0.15, -0.1) is 22.7 Å². The molecule has 1 unspecified atom stereocenters. The van der Waals surface area contributed by atoms with E-state index in [1.54, 1.807) is 18.3 Å². The largest absolute Gasteiger partial charge is 0.434 e. The van der Waals surface area contributed by atoms with E-state index < -0.39 is 11.9 Å². The van der Waals surface area contributed by atoms with E-state index in [9.17, 15) is 13.2 Å². The Bertz CT molecular complexity index is 659. The van der Waals surface area contributed by atoms with Gasteiger partial charge in [0.2, 0.25) is 0 Å². The van der Waals surface area contributed by atoms with Crippen molar-refractivity contribution in [2.24, 2.45) is 5.41 Å². The molecule has 0 bridgehead atoms. The monoisotopic (exact) mass is 346 g/mol. The molecule has 0 aromatic carbocycles. The molecule has 1 aliphatic heterocycles. The van der Waals surface area contributed by atoms with E-state index in [4.69, 9.17) is 0 Å². The number of halogens is 3. The van der Waals surface area contributed by atoms with Gasteiger partial charge in [0, 0.05) is 18.0 Å². The summed E-state index contributed by atoms with van der Waals surface area (Å²) in [6, 6.07) is 4.23. The summed E-state index contributed by atoms with van der Waals surface area (Å²) in [4.78, 5) is 7.34. The van der Waals surface area contributed by atoms with Crippen molar-refractivity contribution in [3.63, 3.8) is 0 Å². The molecule has 0 amide bonds. The van der Waals surface area contributed by atoms with Crippen LogP contribution in [0.1, 0.15) is 40.3 Å². The molecule has 3 rings (SSSR count). The van der Waals surface area contributed by atoms with Crippen molar-refractivity contribution in [2.45, 2.75) is 39.5 Å². The van der Waals surface area contributed by atoms with Crippen LogP contribution in [0.2, 0.25) is 0 Å². The molecule has 0 aliphatic carbocycles. The molecule has 2 aromatic heterocycles. The van der Waals surface area contributed by atoms with E-state index in [-0.39, 0.29) is 11.5 Å². The highest BCUT2D eigenvalue weighted by Gasteiger charge is 2.48. The van der Waals surface area contributed by atoms with E-state index >= 15 is 0 Å². The lowest BCUT2D eigenvalue weighted by Crippen LogP contribution is -2.54. The van der Waals surface area contributed by atoms with Crippen molar-refractivity contribution in [1.82, 2.24) is 9.88 Å². The van der Waals surface area contributed by atoms with Crippen LogP contribution in [0.5, 0.6) is 0 Å². The van der Waals surface area contributed by atoms with Gasteiger partial charge in [0.05, 0.1) is 15.9 Å². The summed E-state index contributed by atoms with van der Waals surface area (Å²) in [5.41, 5.74) is -0.632. The van der Waals surface area contributed by atoms with Crippen molar-refractivity contribution in [2.75, 3.05) is 6.54 Å². The van der Waals surface area contributed by atoms with Gasteiger partial charge in [-0.2, -0.15) is 13.2 Å². The number of thiazole rings is 1. The minimum atomic E-state index is -4.38. The van der Waals surface area contributed by atoms with E-state index in [2.05, 4.69) is 29.8 Å². The highest BCUT2D eigenvalue weighted by molar-refractivity contribution is 7.11. The third kappa shape index (κ3) is 2.81. The predicted octanol–water partition coefficient (Wildman–Crippen LogP) is 5.11. The summed E-state index contributed by atoms with van der Waals surface area (Å²) >= 11 is 2.81. The zero-order valence-corrected chi connectivity index (χ0v) is 14.2. The van der Waals surface area contributed by atoms with E-state index in [1.807, 2.05) is 11.4 Å². The molecule has 1 saturated heterocycles. The number of thiophene rings is 1. The Morgan fingerprint density at radius 3 is 2.68 bits per heavy atom. The van der Waals surface area contributed by atoms with Crippen LogP contribution in [0.15, 0.2) is 17.5 Å². The number of likely N-dealkylation sites (tertiary alicyclic amines) is 1. The lowest BCUT2D eigenvalue weighted by molar-refractivity contribution is -0.142. The quantitative estimate of drug-likeness (QED) is 0.767. The number of aromatic nitrogens is 1. The molecule has 2 nitrogen and oxygen atoms in total. The van der Waals surface area contributed by atoms with E-state index in [0.29, 0.717) is 16.4 Å². The molecule has 1 aliphatic rings. The van der Waals surface area contributed by atoms with Crippen molar-refractivity contribution >= 4 is 22.7 Å². The maximum absolute atomic E-state index is 13.1. The SMILES string of the molecule is Cc1nc(C(F)(F)F)c(CN2CC(C)(C)C2c2cccs2)s1. The molecular formula is C15H17F3N2S2. The first-order valence-electron chi connectivity index (χ1n) is 6.99. The zero-order valence-electron chi connectivity index (χ0n) is 12.6. The highest BCUT2D eigenvalue weighted by Crippen LogP contribution is 2.51. The van der Waals surface area contributed by atoms with Crippen LogP contribution in [-0.4, -0.2) is 16.4 Å². The van der Waals surface area contributed by atoms with E-state index in [1.165, 1.54) is 4.88 Å². The van der Waals surface area contributed by atoms with Gasteiger partial charge in [0.1, 0.15) is 0 Å². The lowest BCUT2D eigenvalue weighted by atomic mass is 9.74. The molecule has 2 aromatic rings. The number of hydrogen-bond donors (Lipinski definition) is 0. The summed E-state index contributed by atoms with van der Waals surface area (Å²) in [7, 11) is 0. The zero-order chi connectivity index (χ0) is 16.1. The fraction of sp³-hybridized carbons (Fsp3) is 0.533. The van der Waals surface area contributed by atoms with Crippen LogP contribution in [0.25, 0.3) is 0 Å². The average Bonchev–Trinajstić information content (AvgIpc) is 2.97. The van der Waals surface area contributed by atoms with Crippen LogP contribution >= 0.6 is 22.7 Å². The molecule has 1 fully saturated rings. The van der Waals surface area contributed by atoms with E-state index in [0.717, 1.165) is 17.9 Å². The van der Waals surface area contributed by atoms with Crippen LogP contribution in [0.4, 0.5) is 13.2 Å². The first-order chi connectivity index (χ1) is 10.2. The van der Waals surface area contributed by atoms with Gasteiger partial charge in [0.25, 0.3) is 0 Å². The van der Waals surface area contributed by atoms with Gasteiger partial charge in [0.15, 0.2) is 5.69 Å². The Morgan fingerprint density at radius 1 is 1.41 bits per heavy atom. The summed E-state index contributed by atoms with van der Waals surface area (Å²) < 4.78 is 39.3. The molecule has 7 heteroatoms. The third-order valence-corrected chi connectivity index (χ3v) is 5.83. The second-order valence-electron chi connectivity index (χ2n) is 6.31. The summed E-state index contributed by atoms with van der Waals surface area (Å²) in [5, 5.41) is 2.48. The molecule has 0 N–H and O–H groups in total. The second kappa shape index (κ2) is 5.32. The smallest absolute Gasteiger partial charge is 0.289 e. The first kappa shape index (κ1) is 16.0. The fourth-order valence-electron chi connectivity index (χ4n) is 3.22. The van der Waals surface area contributed by atoms with Gasteiger partial charge < -0.3 is 0 Å². The average molecular weight is 346 g/mol. The molecule has 22 heavy (non-hydrogen) atoms. The van der Waals surface area contributed by atoms with Gasteiger partial charge in [-0.25, -0.2) is 4.98 Å². The number of hydrogen-bond acceptors (Lipinski definition) is 4. The normalized spacial score (nSPS) is 21.8. The standard InChI is InChI=1S/C15H17F3N2S2/c1-9-19-12(15(16,17)18)11(22-9)7-20-8-14(2,3)13(20)10-5-4-6-21-10/h4-6,13H,7-8H2,1-3H3. The van der Waals surface area contributed by atoms with Crippen molar-refractivity contribution in [3.8, 4) is 0 Å². The Labute approximate surface area is 135 Å². The molecule has 0 saturated carbocycles. The molecular weight excluding hydrogens is 329 g/mol. The first-order valence-corrected chi connectivity index (χ1v) is 8.69. The highest BCUT2D eigenvalue weighted by atomic mass is 32.1. The number of rotatable bonds is 3. The summed E-state index contributed by atoms with van der Waals surface area (Å²) in [6.45, 7) is 7.06. The second-order valence-corrected chi connectivity index (χ2v) is 8.58. The Hall–Kier alpha value is -0.920. The van der Waals surface area contributed by atoms with Gasteiger partial charge in [-0.05, 0) is 23.8 Å². The summed E-state index contributed by atoms with van der Waals surface area (Å²) in [5.74, 6) is 0. The maximum Gasteiger partial charge on any atom is 0.434 e. The Kier molecular flexibility index (Phi) is 3.86.